The van der Waals surface area contributed by atoms with Gasteiger partial charge in [-0.3, -0.25) is 9.59 Å². The first-order valence-electron chi connectivity index (χ1n) is 2.30. The van der Waals surface area contributed by atoms with E-state index in [0.29, 0.717) is 0 Å². The predicted molar refractivity (Wildman–Crippen MR) is 38.0 cm³/mol. The normalized spacial score (nSPS) is 11.3. The van der Waals surface area contributed by atoms with Crippen LogP contribution >= 0.6 is 0 Å². The van der Waals surface area contributed by atoms with Crippen LogP contribution in [0.15, 0.2) is 0 Å². The number of nitrogens with two attached hydrogens (primary N) is 2. The van der Waals surface area contributed by atoms with Crippen molar-refractivity contribution in [3.8, 4) is 0 Å². The Hall–Kier alpha value is 0.160. The van der Waals surface area contributed by atoms with Crippen molar-refractivity contribution >= 4 is 49.6 Å². The van der Waals surface area contributed by atoms with Gasteiger partial charge in [-0.2, -0.15) is 0 Å². The minimum absolute atomic E-state index is 0. The Morgan fingerprint density at radius 2 is 1.90 bits per heavy atom. The Bertz CT molecular complexity index is 138. The van der Waals surface area contributed by atoms with Crippen LogP contribution in [0.2, 0.25) is 0 Å². The van der Waals surface area contributed by atoms with Gasteiger partial charge in [-0.05, 0) is 0 Å². The van der Waals surface area contributed by atoms with Crippen LogP contribution in [-0.4, -0.2) is 60.8 Å². The summed E-state index contributed by atoms with van der Waals surface area (Å²) in [4.78, 5) is 19.9. The van der Waals surface area contributed by atoms with Crippen LogP contribution in [0.4, 0.5) is 0 Å². The van der Waals surface area contributed by atoms with Crippen LogP contribution in [0.1, 0.15) is 6.42 Å². The number of carboxylic acid groups (broad SMARTS) is 1. The fourth-order valence-electron chi connectivity index (χ4n) is 0.304. The molecule has 0 aromatic heterocycles. The number of hydrogen-bond acceptors (Lipinski definition) is 3. The molecule has 1 atom stereocenters. The minimum atomic E-state index is -1.21. The van der Waals surface area contributed by atoms with Gasteiger partial charge in [0.1, 0.15) is 6.04 Å². The predicted octanol–water partition coefficient (Wildman–Crippen LogP) is -2.64. The van der Waals surface area contributed by atoms with Gasteiger partial charge in [-0.1, -0.05) is 0 Å². The van der Waals surface area contributed by atoms with Gasteiger partial charge in [0.25, 0.3) is 0 Å². The first-order valence-corrected chi connectivity index (χ1v) is 2.30. The van der Waals surface area contributed by atoms with Crippen molar-refractivity contribution in [1.82, 2.24) is 0 Å². The first kappa shape index (κ1) is 12.8. The number of carboxylic acids is 1. The molecule has 0 spiro atoms. The Morgan fingerprint density at radius 1 is 1.50 bits per heavy atom. The number of primary amides is 1. The standard InChI is InChI=1S/C4H8N2O3.Ca.2H/c5-2(4(8)9)1-3(6)7;;;/h2H,1,5H2,(H2,6,7)(H,8,9);;;. The summed E-state index contributed by atoms with van der Waals surface area (Å²) in [6, 6.07) is -1.16. The van der Waals surface area contributed by atoms with Crippen LogP contribution in [0.3, 0.4) is 0 Å². The third-order valence-corrected chi connectivity index (χ3v) is 0.738. The van der Waals surface area contributed by atoms with Crippen molar-refractivity contribution in [3.63, 3.8) is 0 Å². The van der Waals surface area contributed by atoms with Crippen molar-refractivity contribution in [1.29, 1.82) is 0 Å². The van der Waals surface area contributed by atoms with Crippen LogP contribution in [0, 0.1) is 0 Å². The molecule has 0 aliphatic heterocycles. The Balaban J connectivity index is 0. The average molecular weight is 174 g/mol. The summed E-state index contributed by atoms with van der Waals surface area (Å²) < 4.78 is 0. The molecular formula is C4H10CaN2O3. The monoisotopic (exact) mass is 174 g/mol. The van der Waals surface area contributed by atoms with Crippen molar-refractivity contribution in [2.24, 2.45) is 11.5 Å². The third-order valence-electron chi connectivity index (χ3n) is 0.738. The zero-order valence-corrected chi connectivity index (χ0v) is 4.70. The van der Waals surface area contributed by atoms with Gasteiger partial charge in [-0.25, -0.2) is 0 Å². The fourth-order valence-corrected chi connectivity index (χ4v) is 0.304. The Kier molecular flexibility index (Phi) is 7.56. The van der Waals surface area contributed by atoms with E-state index >= 15 is 0 Å². The molecule has 10 heavy (non-hydrogen) atoms. The maximum atomic E-state index is 9.99. The van der Waals surface area contributed by atoms with E-state index in [1.165, 1.54) is 0 Å². The van der Waals surface area contributed by atoms with Gasteiger partial charge in [-0.15, -0.1) is 0 Å². The van der Waals surface area contributed by atoms with Gasteiger partial charge in [0.15, 0.2) is 0 Å². The molecule has 5 N–H and O–H groups in total. The number of carbonyl (C=O) groups is 2. The quantitative estimate of drug-likeness (QED) is 0.406. The molecule has 0 saturated heterocycles. The summed E-state index contributed by atoms with van der Waals surface area (Å²) in [5.74, 6) is -1.92. The molecule has 0 saturated carbocycles. The second-order valence-electron chi connectivity index (χ2n) is 1.62. The molecule has 6 heteroatoms. The SMILES string of the molecule is NC(=O)CC(N)C(=O)O.[CaH2]. The fraction of sp³-hybridized carbons (Fsp3) is 0.500. The molecule has 56 valence electrons. The molecule has 0 aromatic rings. The third kappa shape index (κ3) is 6.28. The van der Waals surface area contributed by atoms with Crippen molar-refractivity contribution in [2.45, 2.75) is 12.5 Å². The summed E-state index contributed by atoms with van der Waals surface area (Å²) in [6.45, 7) is 0. The molecule has 0 radical (unpaired) electrons. The summed E-state index contributed by atoms with van der Waals surface area (Å²) >= 11 is 0. The molecule has 5 nitrogen and oxygen atoms in total. The zero-order valence-electron chi connectivity index (χ0n) is 4.70. The van der Waals surface area contributed by atoms with Crippen LogP contribution in [0.25, 0.3) is 0 Å². The van der Waals surface area contributed by atoms with Crippen molar-refractivity contribution in [2.75, 3.05) is 0 Å². The average Bonchev–Trinajstić information content (AvgIpc) is 1.63. The van der Waals surface area contributed by atoms with E-state index in [1.807, 2.05) is 0 Å². The van der Waals surface area contributed by atoms with Crippen molar-refractivity contribution in [3.05, 3.63) is 0 Å². The number of hydrogen-bond donors (Lipinski definition) is 3. The van der Waals surface area contributed by atoms with E-state index < -0.39 is 17.9 Å². The van der Waals surface area contributed by atoms with E-state index in [1.54, 1.807) is 0 Å². The molecule has 0 bridgehead atoms. The summed E-state index contributed by atoms with van der Waals surface area (Å²) in [6.07, 6.45) is -0.310. The van der Waals surface area contributed by atoms with E-state index in [4.69, 9.17) is 10.8 Å². The van der Waals surface area contributed by atoms with E-state index in [2.05, 4.69) is 5.73 Å². The van der Waals surface area contributed by atoms with Gasteiger partial charge < -0.3 is 16.6 Å². The molecule has 0 heterocycles. The molecule has 1 amide bonds. The molecule has 1 unspecified atom stereocenters. The zero-order chi connectivity index (χ0) is 7.44. The molecule has 0 rings (SSSR count). The summed E-state index contributed by atoms with van der Waals surface area (Å²) in [7, 11) is 0. The van der Waals surface area contributed by atoms with E-state index in [9.17, 15) is 9.59 Å². The summed E-state index contributed by atoms with van der Waals surface area (Å²) in [5, 5.41) is 8.10. The van der Waals surface area contributed by atoms with Gasteiger partial charge in [0, 0.05) is 0 Å². The topological polar surface area (TPSA) is 106 Å². The number of rotatable bonds is 3. The second kappa shape index (κ2) is 5.91. The van der Waals surface area contributed by atoms with Crippen LogP contribution in [0.5, 0.6) is 0 Å². The molecule has 0 aliphatic rings. The number of aliphatic carboxylic acids is 1. The first-order chi connectivity index (χ1) is 4.04. The van der Waals surface area contributed by atoms with Crippen LogP contribution < -0.4 is 11.5 Å². The maximum absolute atomic E-state index is 9.99. The Labute approximate surface area is 87.7 Å². The van der Waals surface area contributed by atoms with Crippen LogP contribution in [-0.2, 0) is 9.59 Å². The van der Waals surface area contributed by atoms with Crippen molar-refractivity contribution < 1.29 is 14.7 Å². The number of amides is 1. The van der Waals surface area contributed by atoms with Gasteiger partial charge in [0.05, 0.1) is 6.42 Å². The molecule has 0 fully saturated rings. The second-order valence-corrected chi connectivity index (χ2v) is 1.62. The van der Waals surface area contributed by atoms with Gasteiger partial charge >= 0.3 is 43.7 Å². The number of carbonyl (C=O) groups excluding carboxylic acids is 1. The molecule has 0 aliphatic carbocycles. The molecule has 0 aromatic carbocycles. The summed E-state index contributed by atoms with van der Waals surface area (Å²) in [5.41, 5.74) is 9.57. The van der Waals surface area contributed by atoms with Gasteiger partial charge in [0.2, 0.25) is 5.91 Å². The van der Waals surface area contributed by atoms with E-state index in [-0.39, 0.29) is 44.2 Å². The molecular weight excluding hydrogens is 164 g/mol. The Morgan fingerprint density at radius 3 is 2.00 bits per heavy atom. The van der Waals surface area contributed by atoms with E-state index in [0.717, 1.165) is 0 Å².